The zero-order chi connectivity index (χ0) is 34.5. The third kappa shape index (κ3) is 8.71. The number of fused-ring (bicyclic) bond motifs is 1. The van der Waals surface area contributed by atoms with E-state index in [1.165, 1.54) is 26.0 Å². The Kier molecular flexibility index (Phi) is 10.7. The number of ether oxygens (including phenoxy) is 1. The highest BCUT2D eigenvalue weighted by Crippen LogP contribution is 2.24. The molecule has 1 amide bonds. The van der Waals surface area contributed by atoms with Crippen LogP contribution in [0.15, 0.2) is 65.8 Å². The van der Waals surface area contributed by atoms with E-state index >= 15 is 0 Å². The van der Waals surface area contributed by atoms with Crippen molar-refractivity contribution in [3.8, 4) is 0 Å². The van der Waals surface area contributed by atoms with Gasteiger partial charge in [-0.2, -0.15) is 23.0 Å². The van der Waals surface area contributed by atoms with Gasteiger partial charge in [0.2, 0.25) is 10.0 Å². The van der Waals surface area contributed by atoms with Crippen LogP contribution in [0.25, 0.3) is 10.9 Å². The van der Waals surface area contributed by atoms with Crippen LogP contribution in [0.5, 0.6) is 0 Å². The number of hydrogen-bond acceptors (Lipinski definition) is 9. The molecule has 12 nitrogen and oxygen atoms in total. The second kappa shape index (κ2) is 14.3. The van der Waals surface area contributed by atoms with Crippen LogP contribution in [-0.2, 0) is 24.3 Å². The predicted molar refractivity (Wildman–Crippen MR) is 166 cm³/mol. The number of aromatic nitrogens is 3. The number of esters is 2. The van der Waals surface area contributed by atoms with Gasteiger partial charge in [-0.05, 0) is 75.6 Å². The topological polar surface area (TPSA) is 161 Å². The van der Waals surface area contributed by atoms with Crippen molar-refractivity contribution in [3.05, 3.63) is 83.2 Å². The Morgan fingerprint density at radius 3 is 2.36 bits per heavy atom. The minimum atomic E-state index is -5.51. The zero-order valence-electron chi connectivity index (χ0n) is 25.9. The number of aryl methyl sites for hydroxylation is 3. The van der Waals surface area contributed by atoms with Gasteiger partial charge in [0.1, 0.15) is 11.9 Å². The summed E-state index contributed by atoms with van der Waals surface area (Å²) in [5, 5.41) is 10.6. The molecule has 2 atom stereocenters. The number of pyridine rings is 1. The lowest BCUT2D eigenvalue weighted by Crippen LogP contribution is -2.50. The number of sulfonamides is 1. The van der Waals surface area contributed by atoms with Crippen molar-refractivity contribution < 1.29 is 40.7 Å². The van der Waals surface area contributed by atoms with Gasteiger partial charge in [0.05, 0.1) is 22.7 Å². The van der Waals surface area contributed by atoms with Crippen LogP contribution >= 0.6 is 0 Å². The molecule has 0 saturated heterocycles. The maximum absolute atomic E-state index is 13.3. The van der Waals surface area contributed by atoms with Gasteiger partial charge >= 0.3 is 18.1 Å². The van der Waals surface area contributed by atoms with Crippen LogP contribution in [0.2, 0.25) is 0 Å². The minimum absolute atomic E-state index is 0.0246. The fourth-order valence-corrected chi connectivity index (χ4v) is 6.71. The lowest BCUT2D eigenvalue weighted by atomic mass is 10.1. The maximum Gasteiger partial charge on any atom is 0.491 e. The lowest BCUT2D eigenvalue weighted by Gasteiger charge is -2.20. The second-order valence-electron chi connectivity index (χ2n) is 11.0. The van der Waals surface area contributed by atoms with E-state index in [9.17, 15) is 36.0 Å². The van der Waals surface area contributed by atoms with Crippen LogP contribution in [0.1, 0.15) is 46.4 Å². The summed E-state index contributed by atoms with van der Waals surface area (Å²) < 4.78 is 72.7. The Morgan fingerprint density at radius 2 is 1.72 bits per heavy atom. The monoisotopic (exact) mass is 674 g/mol. The molecular formula is C31H33F3N6O6S. The van der Waals surface area contributed by atoms with Crippen LogP contribution in [0.3, 0.4) is 0 Å². The number of amides is 1. The highest BCUT2D eigenvalue weighted by Gasteiger charge is 2.44. The summed E-state index contributed by atoms with van der Waals surface area (Å²) in [4.78, 5) is 41.1. The van der Waals surface area contributed by atoms with Gasteiger partial charge < -0.3 is 15.4 Å². The summed E-state index contributed by atoms with van der Waals surface area (Å²) in [6, 6.07) is 11.3. The molecule has 0 unspecified atom stereocenters. The number of nitrogens with one attached hydrogen (secondary N) is 3. The molecule has 0 spiro atoms. The first kappa shape index (κ1) is 35.0. The van der Waals surface area contributed by atoms with E-state index in [0.717, 1.165) is 16.9 Å². The third-order valence-corrected chi connectivity index (χ3v) is 8.93. The number of benzene rings is 2. The van der Waals surface area contributed by atoms with Crippen molar-refractivity contribution in [1.82, 2.24) is 24.8 Å². The molecule has 4 rings (SSSR count). The molecular weight excluding hydrogens is 641 g/mol. The first-order valence-corrected chi connectivity index (χ1v) is 15.9. The van der Waals surface area contributed by atoms with Gasteiger partial charge in [0, 0.05) is 30.2 Å². The molecule has 0 fully saturated rings. The van der Waals surface area contributed by atoms with Crippen molar-refractivity contribution in [2.45, 2.75) is 57.3 Å². The number of carbonyl (C=O) groups is 3. The summed E-state index contributed by atoms with van der Waals surface area (Å²) in [5.74, 6) is -4.70. The van der Waals surface area contributed by atoms with Crippen molar-refractivity contribution in [2.24, 2.45) is 0 Å². The maximum atomic E-state index is 13.3. The third-order valence-electron chi connectivity index (χ3n) is 7.16. The van der Waals surface area contributed by atoms with Crippen molar-refractivity contribution >= 4 is 44.6 Å². The SMILES string of the molecule is Cc1cc(C)c(S(=O)(=O)N[C@@H](CNC(=O)c2ccc3c(cnn3[C@@H](C)CCNc3ccccn3)c2)C(=O)OC(=O)C(F)(F)F)c(C)c1. The van der Waals surface area contributed by atoms with Crippen LogP contribution in [0, 0.1) is 20.8 Å². The van der Waals surface area contributed by atoms with Crippen LogP contribution in [-0.4, -0.2) is 66.3 Å². The van der Waals surface area contributed by atoms with Gasteiger partial charge in [-0.1, -0.05) is 23.8 Å². The van der Waals surface area contributed by atoms with Crippen molar-refractivity contribution in [2.75, 3.05) is 18.4 Å². The first-order valence-electron chi connectivity index (χ1n) is 14.4. The molecule has 0 aliphatic rings. The predicted octanol–water partition coefficient (Wildman–Crippen LogP) is 4.13. The van der Waals surface area contributed by atoms with E-state index in [-0.39, 0.29) is 16.5 Å². The molecule has 250 valence electrons. The number of carbonyl (C=O) groups excluding carboxylic acids is 3. The molecule has 0 aliphatic carbocycles. The van der Waals surface area contributed by atoms with E-state index in [4.69, 9.17) is 0 Å². The highest BCUT2D eigenvalue weighted by molar-refractivity contribution is 7.89. The molecule has 2 aromatic carbocycles. The van der Waals surface area contributed by atoms with Gasteiger partial charge in [-0.25, -0.2) is 23.0 Å². The normalized spacial score (nSPS) is 13.2. The number of hydrogen-bond donors (Lipinski definition) is 3. The molecule has 0 radical (unpaired) electrons. The number of alkyl halides is 3. The Bertz CT molecular complexity index is 1870. The summed E-state index contributed by atoms with van der Waals surface area (Å²) >= 11 is 0. The van der Waals surface area contributed by atoms with Gasteiger partial charge in [0.25, 0.3) is 5.91 Å². The summed E-state index contributed by atoms with van der Waals surface area (Å²) in [5.41, 5.74) is 2.21. The quantitative estimate of drug-likeness (QED) is 0.148. The van der Waals surface area contributed by atoms with Crippen molar-refractivity contribution in [3.63, 3.8) is 0 Å². The molecule has 0 aliphatic heterocycles. The second-order valence-corrected chi connectivity index (χ2v) is 12.6. The average Bonchev–Trinajstić information content (AvgIpc) is 3.42. The summed E-state index contributed by atoms with van der Waals surface area (Å²) in [7, 11) is -4.54. The number of anilines is 1. The zero-order valence-corrected chi connectivity index (χ0v) is 26.7. The Balaban J connectivity index is 1.48. The Morgan fingerprint density at radius 1 is 1.02 bits per heavy atom. The molecule has 2 heterocycles. The summed E-state index contributed by atoms with van der Waals surface area (Å²) in [6.07, 6.45) is -1.55. The average molecular weight is 675 g/mol. The van der Waals surface area contributed by atoms with E-state index in [0.29, 0.717) is 29.5 Å². The van der Waals surface area contributed by atoms with Gasteiger partial charge in [-0.3, -0.25) is 9.48 Å². The molecule has 2 aromatic heterocycles. The van der Waals surface area contributed by atoms with E-state index < -0.39 is 46.6 Å². The number of nitrogens with zero attached hydrogens (tertiary/aromatic N) is 3. The smallest absolute Gasteiger partial charge is 0.385 e. The van der Waals surface area contributed by atoms with Gasteiger partial charge in [0.15, 0.2) is 0 Å². The van der Waals surface area contributed by atoms with E-state index in [1.54, 1.807) is 42.2 Å². The first-order chi connectivity index (χ1) is 22.1. The molecule has 47 heavy (non-hydrogen) atoms. The molecule has 4 aromatic rings. The molecule has 16 heteroatoms. The number of halogens is 3. The van der Waals surface area contributed by atoms with Crippen LogP contribution in [0.4, 0.5) is 19.0 Å². The van der Waals surface area contributed by atoms with E-state index in [2.05, 4.69) is 25.5 Å². The Hall–Kier alpha value is -4.83. The minimum Gasteiger partial charge on any atom is -0.385 e. The standard InChI is InChI=1S/C31H33F3N6O6S/c1-18-13-19(2)27(20(3)14-18)47(44,45)39-24(29(42)46-30(43)31(32,33)34)17-37-28(41)22-8-9-25-23(15-22)16-38-40(25)21(4)10-12-36-26-7-5-6-11-35-26/h5-9,11,13-16,21,24,39H,10,12,17H2,1-4H3,(H,35,36)(H,37,41)/t21-,24-/m0/s1. The molecule has 0 saturated carbocycles. The summed E-state index contributed by atoms with van der Waals surface area (Å²) in [6.45, 7) is 6.54. The Labute approximate surface area is 268 Å². The fraction of sp³-hybridized carbons (Fsp3) is 0.323. The molecule has 0 bridgehead atoms. The lowest BCUT2D eigenvalue weighted by molar-refractivity contribution is -0.202. The van der Waals surface area contributed by atoms with Crippen molar-refractivity contribution in [1.29, 1.82) is 0 Å². The fourth-order valence-electron chi connectivity index (χ4n) is 5.07. The van der Waals surface area contributed by atoms with Crippen LogP contribution < -0.4 is 15.4 Å². The largest absolute Gasteiger partial charge is 0.491 e. The number of rotatable bonds is 12. The molecule has 3 N–H and O–H groups in total. The van der Waals surface area contributed by atoms with Gasteiger partial charge in [-0.15, -0.1) is 0 Å². The highest BCUT2D eigenvalue weighted by atomic mass is 32.2. The van der Waals surface area contributed by atoms with E-state index in [1.807, 2.05) is 29.8 Å².